The molecule has 3 rings (SSSR count). The molecule has 1 aromatic carbocycles. The molecule has 1 aliphatic rings. The van der Waals surface area contributed by atoms with Gasteiger partial charge in [0.15, 0.2) is 0 Å². The lowest BCUT2D eigenvalue weighted by molar-refractivity contribution is 0.0946. The molecule has 0 saturated carbocycles. The number of amides is 1. The molecule has 1 aromatic heterocycles. The highest BCUT2D eigenvalue weighted by atomic mass is 32.1. The summed E-state index contributed by atoms with van der Waals surface area (Å²) in [4.78, 5) is 16.3. The van der Waals surface area contributed by atoms with Crippen LogP contribution in [0.25, 0.3) is 0 Å². The molecular weight excluding hydrogens is 356 g/mol. The fourth-order valence-corrected chi connectivity index (χ4v) is 4.33. The third-order valence-electron chi connectivity index (χ3n) is 5.13. The molecule has 4 nitrogen and oxygen atoms in total. The van der Waals surface area contributed by atoms with Crippen LogP contribution in [0.5, 0.6) is 5.75 Å². The molecule has 1 saturated heterocycles. The zero-order chi connectivity index (χ0) is 18.9. The lowest BCUT2D eigenvalue weighted by Gasteiger charge is -2.31. The van der Waals surface area contributed by atoms with Gasteiger partial charge in [0.2, 0.25) is 0 Å². The highest BCUT2D eigenvalue weighted by Crippen LogP contribution is 2.30. The Labute approximate surface area is 166 Å². The van der Waals surface area contributed by atoms with Crippen molar-refractivity contribution in [1.82, 2.24) is 10.2 Å². The SMILES string of the molecule is CCCCOc1ccc(C(=O)NCCN2CCC(c3cccs3)CC2)cc1. The van der Waals surface area contributed by atoms with Gasteiger partial charge in [0.25, 0.3) is 5.91 Å². The highest BCUT2D eigenvalue weighted by Gasteiger charge is 2.20. The summed E-state index contributed by atoms with van der Waals surface area (Å²) in [5.74, 6) is 1.53. The maximum Gasteiger partial charge on any atom is 0.251 e. The molecule has 0 unspecified atom stereocenters. The minimum Gasteiger partial charge on any atom is -0.494 e. The summed E-state index contributed by atoms with van der Waals surface area (Å²) < 4.78 is 5.64. The van der Waals surface area contributed by atoms with Gasteiger partial charge in [-0.05, 0) is 74.0 Å². The molecule has 0 spiro atoms. The van der Waals surface area contributed by atoms with Crippen molar-refractivity contribution >= 4 is 17.2 Å². The Balaban J connectivity index is 1.35. The molecule has 146 valence electrons. The molecule has 1 fully saturated rings. The number of thiophene rings is 1. The standard InChI is InChI=1S/C22H30N2O2S/c1-2-3-16-26-20-8-6-19(7-9-20)22(25)23-12-15-24-13-10-18(11-14-24)21-5-4-17-27-21/h4-9,17-18H,2-3,10-16H2,1H3,(H,23,25). The number of unbranched alkanes of at least 4 members (excludes halogenated alkanes) is 1. The van der Waals surface area contributed by atoms with Crippen molar-refractivity contribution in [3.8, 4) is 5.75 Å². The van der Waals surface area contributed by atoms with Crippen LogP contribution in [0.15, 0.2) is 41.8 Å². The summed E-state index contributed by atoms with van der Waals surface area (Å²) >= 11 is 1.87. The highest BCUT2D eigenvalue weighted by molar-refractivity contribution is 7.10. The van der Waals surface area contributed by atoms with Gasteiger partial charge in [-0.15, -0.1) is 11.3 Å². The topological polar surface area (TPSA) is 41.6 Å². The van der Waals surface area contributed by atoms with Gasteiger partial charge in [0.05, 0.1) is 6.61 Å². The van der Waals surface area contributed by atoms with E-state index in [9.17, 15) is 4.79 Å². The monoisotopic (exact) mass is 386 g/mol. The van der Waals surface area contributed by atoms with Crippen LogP contribution in [0.4, 0.5) is 0 Å². The maximum absolute atomic E-state index is 12.3. The van der Waals surface area contributed by atoms with Crippen LogP contribution < -0.4 is 10.1 Å². The average Bonchev–Trinajstić information content (AvgIpc) is 3.24. The van der Waals surface area contributed by atoms with Crippen LogP contribution in [-0.4, -0.2) is 43.6 Å². The van der Waals surface area contributed by atoms with E-state index in [1.807, 2.05) is 35.6 Å². The van der Waals surface area contributed by atoms with E-state index >= 15 is 0 Å². The lowest BCUT2D eigenvalue weighted by Crippen LogP contribution is -2.39. The van der Waals surface area contributed by atoms with E-state index in [0.29, 0.717) is 18.0 Å². The van der Waals surface area contributed by atoms with Crippen molar-refractivity contribution in [1.29, 1.82) is 0 Å². The van der Waals surface area contributed by atoms with E-state index in [4.69, 9.17) is 4.74 Å². The minimum absolute atomic E-state index is 0.0106. The van der Waals surface area contributed by atoms with E-state index in [1.165, 1.54) is 17.7 Å². The number of hydrogen-bond acceptors (Lipinski definition) is 4. The molecule has 0 bridgehead atoms. The van der Waals surface area contributed by atoms with E-state index in [1.54, 1.807) is 0 Å². The Morgan fingerprint density at radius 2 is 2.00 bits per heavy atom. The van der Waals surface area contributed by atoms with Gasteiger partial charge in [-0.2, -0.15) is 0 Å². The number of nitrogens with zero attached hydrogens (tertiary/aromatic N) is 1. The first kappa shape index (κ1) is 19.9. The first-order valence-electron chi connectivity index (χ1n) is 10.0. The van der Waals surface area contributed by atoms with Crippen molar-refractivity contribution in [2.75, 3.05) is 32.8 Å². The predicted molar refractivity (Wildman–Crippen MR) is 112 cm³/mol. The first-order valence-corrected chi connectivity index (χ1v) is 10.9. The second-order valence-electron chi connectivity index (χ2n) is 7.11. The third kappa shape index (κ3) is 6.08. The fourth-order valence-electron chi connectivity index (χ4n) is 3.43. The molecule has 27 heavy (non-hydrogen) atoms. The Morgan fingerprint density at radius 3 is 2.67 bits per heavy atom. The average molecular weight is 387 g/mol. The lowest BCUT2D eigenvalue weighted by atomic mass is 9.95. The number of piperidine rings is 1. The van der Waals surface area contributed by atoms with Crippen molar-refractivity contribution in [3.05, 3.63) is 52.2 Å². The minimum atomic E-state index is -0.0106. The van der Waals surface area contributed by atoms with Gasteiger partial charge in [-0.3, -0.25) is 4.79 Å². The van der Waals surface area contributed by atoms with Crippen LogP contribution in [0, 0.1) is 0 Å². The summed E-state index contributed by atoms with van der Waals surface area (Å²) in [7, 11) is 0. The second-order valence-corrected chi connectivity index (χ2v) is 8.09. The van der Waals surface area contributed by atoms with Gasteiger partial charge in [-0.25, -0.2) is 0 Å². The van der Waals surface area contributed by atoms with E-state index in [0.717, 1.165) is 44.8 Å². The number of hydrogen-bond donors (Lipinski definition) is 1. The first-order chi connectivity index (χ1) is 13.3. The fraction of sp³-hybridized carbons (Fsp3) is 0.500. The quantitative estimate of drug-likeness (QED) is 0.644. The molecule has 1 amide bonds. The molecule has 1 N–H and O–H groups in total. The van der Waals surface area contributed by atoms with Crippen molar-refractivity contribution < 1.29 is 9.53 Å². The van der Waals surface area contributed by atoms with Gasteiger partial charge in [0.1, 0.15) is 5.75 Å². The zero-order valence-corrected chi connectivity index (χ0v) is 17.0. The number of carbonyl (C=O) groups excluding carboxylic acids is 1. The van der Waals surface area contributed by atoms with Gasteiger partial charge in [0, 0.05) is 23.5 Å². The van der Waals surface area contributed by atoms with Crippen LogP contribution in [0.1, 0.15) is 53.8 Å². The van der Waals surface area contributed by atoms with E-state index < -0.39 is 0 Å². The molecule has 1 aliphatic heterocycles. The Morgan fingerprint density at radius 1 is 1.22 bits per heavy atom. The van der Waals surface area contributed by atoms with E-state index in [-0.39, 0.29) is 5.91 Å². The normalized spacial score (nSPS) is 15.6. The molecule has 2 aromatic rings. The van der Waals surface area contributed by atoms with Gasteiger partial charge in [-0.1, -0.05) is 19.4 Å². The molecule has 5 heteroatoms. The van der Waals surface area contributed by atoms with Crippen molar-refractivity contribution in [2.24, 2.45) is 0 Å². The van der Waals surface area contributed by atoms with Crippen molar-refractivity contribution in [3.63, 3.8) is 0 Å². The number of benzene rings is 1. The van der Waals surface area contributed by atoms with Crippen LogP contribution in [-0.2, 0) is 0 Å². The zero-order valence-electron chi connectivity index (χ0n) is 16.2. The van der Waals surface area contributed by atoms with Crippen LogP contribution in [0.3, 0.4) is 0 Å². The van der Waals surface area contributed by atoms with Crippen LogP contribution in [0.2, 0.25) is 0 Å². The molecular formula is C22H30N2O2S. The predicted octanol–water partition coefficient (Wildman–Crippen LogP) is 4.54. The number of ether oxygens (including phenoxy) is 1. The smallest absolute Gasteiger partial charge is 0.251 e. The van der Waals surface area contributed by atoms with Gasteiger partial charge < -0.3 is 15.0 Å². The number of carbonyl (C=O) groups is 1. The van der Waals surface area contributed by atoms with Crippen molar-refractivity contribution in [2.45, 2.75) is 38.5 Å². The summed E-state index contributed by atoms with van der Waals surface area (Å²) in [6.45, 7) is 6.71. The molecule has 0 atom stereocenters. The third-order valence-corrected chi connectivity index (χ3v) is 6.16. The molecule has 0 aliphatic carbocycles. The Bertz CT molecular complexity index is 677. The number of nitrogens with one attached hydrogen (secondary N) is 1. The maximum atomic E-state index is 12.3. The Kier molecular flexibility index (Phi) is 7.72. The second kappa shape index (κ2) is 10.5. The summed E-state index contributed by atoms with van der Waals surface area (Å²) in [5, 5.41) is 5.21. The molecule has 0 radical (unpaired) electrons. The van der Waals surface area contributed by atoms with E-state index in [2.05, 4.69) is 34.7 Å². The molecule has 2 heterocycles. The number of rotatable bonds is 9. The largest absolute Gasteiger partial charge is 0.494 e. The number of likely N-dealkylation sites (tertiary alicyclic amines) is 1. The van der Waals surface area contributed by atoms with Crippen LogP contribution >= 0.6 is 11.3 Å². The summed E-state index contributed by atoms with van der Waals surface area (Å²) in [5.41, 5.74) is 0.689. The Hall–Kier alpha value is -1.85. The summed E-state index contributed by atoms with van der Waals surface area (Å²) in [6.07, 6.45) is 4.60. The van der Waals surface area contributed by atoms with Gasteiger partial charge >= 0.3 is 0 Å². The summed E-state index contributed by atoms with van der Waals surface area (Å²) in [6, 6.07) is 11.8.